The minimum absolute atomic E-state index is 0.0878. The number of benzene rings is 1. The molecule has 0 amide bonds. The zero-order valence-corrected chi connectivity index (χ0v) is 10.8. The van der Waals surface area contributed by atoms with E-state index < -0.39 is 0 Å². The molecule has 3 aliphatic carbocycles. The first-order chi connectivity index (χ1) is 8.09. The van der Waals surface area contributed by atoms with E-state index >= 15 is 0 Å². The van der Waals surface area contributed by atoms with Crippen LogP contribution in [0.4, 0.5) is 0 Å². The number of rotatable bonds is 2. The SMILES string of the molecule is CC1(C)[C@H]2C[C@@H](Cc3ccccc3)[C@@H](O)[C@@H]1C2. The molecule has 4 atom stereocenters. The predicted molar refractivity (Wildman–Crippen MR) is 69.6 cm³/mol. The van der Waals surface area contributed by atoms with Gasteiger partial charge in [0, 0.05) is 0 Å². The number of hydrogen-bond acceptors (Lipinski definition) is 1. The van der Waals surface area contributed by atoms with Crippen molar-refractivity contribution in [1.82, 2.24) is 0 Å². The van der Waals surface area contributed by atoms with Gasteiger partial charge in [0.15, 0.2) is 0 Å². The topological polar surface area (TPSA) is 20.2 Å². The third kappa shape index (κ3) is 1.72. The number of hydrogen-bond donors (Lipinski definition) is 1. The summed E-state index contributed by atoms with van der Waals surface area (Å²) in [6.45, 7) is 4.65. The van der Waals surface area contributed by atoms with Gasteiger partial charge in [-0.2, -0.15) is 0 Å². The molecule has 2 bridgehead atoms. The van der Waals surface area contributed by atoms with Gasteiger partial charge in [0.25, 0.3) is 0 Å². The molecule has 0 unspecified atom stereocenters. The number of fused-ring (bicyclic) bond motifs is 2. The van der Waals surface area contributed by atoms with E-state index in [-0.39, 0.29) is 6.10 Å². The summed E-state index contributed by atoms with van der Waals surface area (Å²) in [5.74, 6) is 1.86. The lowest BCUT2D eigenvalue weighted by Gasteiger charge is -2.61. The Hall–Kier alpha value is -0.820. The van der Waals surface area contributed by atoms with Crippen LogP contribution in [0, 0.1) is 23.2 Å². The Morgan fingerprint density at radius 1 is 1.18 bits per heavy atom. The van der Waals surface area contributed by atoms with Crippen LogP contribution in [0.3, 0.4) is 0 Å². The maximum absolute atomic E-state index is 10.5. The molecule has 0 spiro atoms. The fourth-order valence-electron chi connectivity index (χ4n) is 3.99. The van der Waals surface area contributed by atoms with Gasteiger partial charge in [0.1, 0.15) is 0 Å². The lowest BCUT2D eigenvalue weighted by atomic mass is 9.45. The molecule has 1 aromatic carbocycles. The van der Waals surface area contributed by atoms with Crippen molar-refractivity contribution >= 4 is 0 Å². The predicted octanol–water partition coefficient (Wildman–Crippen LogP) is 3.27. The highest BCUT2D eigenvalue weighted by molar-refractivity contribution is 5.17. The summed E-state index contributed by atoms with van der Waals surface area (Å²) in [6, 6.07) is 10.6. The van der Waals surface area contributed by atoms with Crippen LogP contribution in [0.2, 0.25) is 0 Å². The third-order valence-electron chi connectivity index (χ3n) is 5.37. The minimum atomic E-state index is -0.0878. The first kappa shape index (κ1) is 11.3. The highest BCUT2D eigenvalue weighted by atomic mass is 16.3. The Morgan fingerprint density at radius 2 is 1.88 bits per heavy atom. The second kappa shape index (κ2) is 3.84. The molecule has 4 rings (SSSR count). The van der Waals surface area contributed by atoms with E-state index in [1.165, 1.54) is 18.4 Å². The van der Waals surface area contributed by atoms with Crippen molar-refractivity contribution in [3.63, 3.8) is 0 Å². The molecular weight excluding hydrogens is 208 g/mol. The molecular formula is C16H22O. The maximum Gasteiger partial charge on any atom is 0.0605 e. The summed E-state index contributed by atoms with van der Waals surface area (Å²) in [6.07, 6.45) is 3.42. The quantitative estimate of drug-likeness (QED) is 0.826. The van der Waals surface area contributed by atoms with Crippen LogP contribution < -0.4 is 0 Å². The van der Waals surface area contributed by atoms with E-state index in [1.807, 2.05) is 0 Å². The Morgan fingerprint density at radius 3 is 2.47 bits per heavy atom. The van der Waals surface area contributed by atoms with E-state index in [4.69, 9.17) is 0 Å². The van der Waals surface area contributed by atoms with Crippen LogP contribution in [-0.4, -0.2) is 11.2 Å². The van der Waals surface area contributed by atoms with Crippen LogP contribution in [0.25, 0.3) is 0 Å². The van der Waals surface area contributed by atoms with Gasteiger partial charge < -0.3 is 5.11 Å². The monoisotopic (exact) mass is 230 g/mol. The van der Waals surface area contributed by atoms with E-state index in [9.17, 15) is 5.11 Å². The molecule has 0 radical (unpaired) electrons. The second-order valence-electron chi connectivity index (χ2n) is 6.54. The standard InChI is InChI=1S/C16H22O/c1-16(2)13-9-12(15(17)14(16)10-13)8-11-6-4-3-5-7-11/h3-7,12-15,17H,8-10H2,1-2H3/t12-,13+,14+,15-/m1/s1. The van der Waals surface area contributed by atoms with Crippen molar-refractivity contribution in [1.29, 1.82) is 0 Å². The van der Waals surface area contributed by atoms with Gasteiger partial charge in [-0.3, -0.25) is 0 Å². The summed E-state index contributed by atoms with van der Waals surface area (Å²) in [5.41, 5.74) is 1.75. The van der Waals surface area contributed by atoms with Crippen LogP contribution in [0.5, 0.6) is 0 Å². The molecule has 0 heterocycles. The van der Waals surface area contributed by atoms with Crippen molar-refractivity contribution in [2.45, 2.75) is 39.2 Å². The molecule has 1 aromatic rings. The molecule has 0 aliphatic heterocycles. The van der Waals surface area contributed by atoms with Gasteiger partial charge in [-0.05, 0) is 48.0 Å². The molecule has 3 saturated carbocycles. The normalized spacial score (nSPS) is 38.5. The van der Waals surface area contributed by atoms with Crippen molar-refractivity contribution < 1.29 is 5.11 Å². The summed E-state index contributed by atoms with van der Waals surface area (Å²) >= 11 is 0. The lowest BCUT2D eigenvalue weighted by molar-refractivity contribution is -0.169. The van der Waals surface area contributed by atoms with Crippen molar-refractivity contribution in [3.05, 3.63) is 35.9 Å². The lowest BCUT2D eigenvalue weighted by Crippen LogP contribution is -2.58. The summed E-state index contributed by atoms with van der Waals surface area (Å²) < 4.78 is 0. The average molecular weight is 230 g/mol. The Bertz CT molecular complexity index is 395. The van der Waals surface area contributed by atoms with Crippen molar-refractivity contribution in [3.8, 4) is 0 Å². The van der Waals surface area contributed by atoms with Crippen LogP contribution in [-0.2, 0) is 6.42 Å². The largest absolute Gasteiger partial charge is 0.393 e. The third-order valence-corrected chi connectivity index (χ3v) is 5.37. The van der Waals surface area contributed by atoms with Crippen LogP contribution >= 0.6 is 0 Å². The first-order valence-electron chi connectivity index (χ1n) is 6.81. The summed E-state index contributed by atoms with van der Waals surface area (Å²) in [4.78, 5) is 0. The molecule has 92 valence electrons. The zero-order valence-electron chi connectivity index (χ0n) is 10.8. The molecule has 3 aliphatic rings. The Labute approximate surface area is 104 Å². The smallest absolute Gasteiger partial charge is 0.0605 e. The molecule has 1 N–H and O–H groups in total. The highest BCUT2D eigenvalue weighted by Crippen LogP contribution is 2.60. The van der Waals surface area contributed by atoms with Gasteiger partial charge in [-0.15, -0.1) is 0 Å². The van der Waals surface area contributed by atoms with Gasteiger partial charge >= 0.3 is 0 Å². The van der Waals surface area contributed by atoms with E-state index in [0.29, 0.717) is 17.3 Å². The van der Waals surface area contributed by atoms with Crippen LogP contribution in [0.1, 0.15) is 32.3 Å². The summed E-state index contributed by atoms with van der Waals surface area (Å²) in [7, 11) is 0. The summed E-state index contributed by atoms with van der Waals surface area (Å²) in [5, 5.41) is 10.5. The zero-order chi connectivity index (χ0) is 12.0. The van der Waals surface area contributed by atoms with Crippen molar-refractivity contribution in [2.24, 2.45) is 23.2 Å². The Balaban J connectivity index is 1.71. The molecule has 0 aromatic heterocycles. The fourth-order valence-corrected chi connectivity index (χ4v) is 3.99. The number of aliphatic hydroxyl groups excluding tert-OH is 1. The molecule has 1 heteroatoms. The van der Waals surface area contributed by atoms with Gasteiger partial charge in [-0.1, -0.05) is 44.2 Å². The Kier molecular flexibility index (Phi) is 2.55. The van der Waals surface area contributed by atoms with Gasteiger partial charge in [0.2, 0.25) is 0 Å². The molecule has 1 nitrogen and oxygen atoms in total. The average Bonchev–Trinajstić information content (AvgIpc) is 2.32. The highest BCUT2D eigenvalue weighted by Gasteiger charge is 2.57. The second-order valence-corrected chi connectivity index (χ2v) is 6.54. The van der Waals surface area contributed by atoms with Gasteiger partial charge in [-0.25, -0.2) is 0 Å². The molecule has 17 heavy (non-hydrogen) atoms. The first-order valence-corrected chi connectivity index (χ1v) is 6.81. The van der Waals surface area contributed by atoms with E-state index in [2.05, 4.69) is 44.2 Å². The van der Waals surface area contributed by atoms with E-state index in [1.54, 1.807) is 0 Å². The van der Waals surface area contributed by atoms with Crippen LogP contribution in [0.15, 0.2) is 30.3 Å². The minimum Gasteiger partial charge on any atom is -0.393 e. The van der Waals surface area contributed by atoms with Crippen molar-refractivity contribution in [2.75, 3.05) is 0 Å². The number of aliphatic hydroxyl groups is 1. The molecule has 3 fully saturated rings. The van der Waals surface area contributed by atoms with Gasteiger partial charge in [0.05, 0.1) is 6.10 Å². The molecule has 0 saturated heterocycles. The van der Waals surface area contributed by atoms with E-state index in [0.717, 1.165) is 12.3 Å². The fraction of sp³-hybridized carbons (Fsp3) is 0.625. The maximum atomic E-state index is 10.5.